The molecular formula is C14H21Cl2NO. The maximum atomic E-state index is 6.26. The number of benzene rings is 1. The van der Waals surface area contributed by atoms with E-state index in [9.17, 15) is 0 Å². The van der Waals surface area contributed by atoms with Crippen LogP contribution in [0.4, 0.5) is 0 Å². The van der Waals surface area contributed by atoms with Gasteiger partial charge in [0.05, 0.1) is 0 Å². The van der Waals surface area contributed by atoms with Crippen molar-refractivity contribution in [2.45, 2.75) is 32.2 Å². The summed E-state index contributed by atoms with van der Waals surface area (Å²) in [5.74, 6) is 0. The Labute approximate surface area is 120 Å². The third kappa shape index (κ3) is 5.15. The van der Waals surface area contributed by atoms with E-state index in [0.717, 1.165) is 43.0 Å². The molecule has 1 atom stereocenters. The molecule has 0 saturated carbocycles. The lowest BCUT2D eigenvalue weighted by Crippen LogP contribution is -2.22. The molecule has 18 heavy (non-hydrogen) atoms. The molecule has 0 amide bonds. The van der Waals surface area contributed by atoms with Crippen molar-refractivity contribution < 1.29 is 4.74 Å². The van der Waals surface area contributed by atoms with E-state index in [1.54, 1.807) is 13.2 Å². The van der Waals surface area contributed by atoms with Crippen LogP contribution in [0.3, 0.4) is 0 Å². The second-order valence-electron chi connectivity index (χ2n) is 4.31. The number of methoxy groups -OCH3 is 1. The minimum absolute atomic E-state index is 0.268. The summed E-state index contributed by atoms with van der Waals surface area (Å²) in [6, 6.07) is 5.96. The summed E-state index contributed by atoms with van der Waals surface area (Å²) in [5, 5.41) is 4.93. The summed E-state index contributed by atoms with van der Waals surface area (Å²) >= 11 is 12.2. The molecule has 1 N–H and O–H groups in total. The van der Waals surface area contributed by atoms with Crippen LogP contribution in [0.15, 0.2) is 18.2 Å². The van der Waals surface area contributed by atoms with E-state index >= 15 is 0 Å². The molecule has 102 valence electrons. The van der Waals surface area contributed by atoms with Crippen molar-refractivity contribution in [3.63, 3.8) is 0 Å². The monoisotopic (exact) mass is 289 g/mol. The van der Waals surface area contributed by atoms with Gasteiger partial charge in [-0.25, -0.2) is 0 Å². The molecule has 1 aromatic carbocycles. The zero-order chi connectivity index (χ0) is 13.4. The third-order valence-electron chi connectivity index (χ3n) is 2.82. The maximum absolute atomic E-state index is 6.26. The zero-order valence-corrected chi connectivity index (χ0v) is 12.5. The van der Waals surface area contributed by atoms with Crippen molar-refractivity contribution in [2.24, 2.45) is 0 Å². The van der Waals surface area contributed by atoms with Gasteiger partial charge in [-0.05, 0) is 43.5 Å². The highest BCUT2D eigenvalue weighted by molar-refractivity contribution is 6.35. The Morgan fingerprint density at radius 3 is 2.72 bits per heavy atom. The zero-order valence-electron chi connectivity index (χ0n) is 11.0. The van der Waals surface area contributed by atoms with Gasteiger partial charge in [0.2, 0.25) is 0 Å². The quantitative estimate of drug-likeness (QED) is 0.714. The molecule has 0 aliphatic carbocycles. The van der Waals surface area contributed by atoms with Gasteiger partial charge in [-0.15, -0.1) is 0 Å². The average Bonchev–Trinajstić information content (AvgIpc) is 2.34. The number of rotatable bonds is 8. The van der Waals surface area contributed by atoms with Crippen molar-refractivity contribution in [3.8, 4) is 0 Å². The Hall–Kier alpha value is -0.280. The van der Waals surface area contributed by atoms with Crippen molar-refractivity contribution in [1.82, 2.24) is 5.32 Å². The van der Waals surface area contributed by atoms with E-state index in [1.807, 2.05) is 12.1 Å². The molecule has 0 radical (unpaired) electrons. The first-order valence-electron chi connectivity index (χ1n) is 6.36. The van der Waals surface area contributed by atoms with Gasteiger partial charge in [-0.2, -0.15) is 0 Å². The predicted octanol–water partition coefficient (Wildman–Crippen LogP) is 4.46. The van der Waals surface area contributed by atoms with Gasteiger partial charge in [0.15, 0.2) is 0 Å². The summed E-state index contributed by atoms with van der Waals surface area (Å²) in [4.78, 5) is 0. The SMILES string of the molecule is CCCNC(CCCOC)c1ccc(Cl)cc1Cl. The van der Waals surface area contributed by atoms with Crippen LogP contribution < -0.4 is 5.32 Å². The van der Waals surface area contributed by atoms with Gasteiger partial charge in [0, 0.05) is 29.8 Å². The van der Waals surface area contributed by atoms with Gasteiger partial charge in [-0.1, -0.05) is 36.2 Å². The van der Waals surface area contributed by atoms with Gasteiger partial charge in [0.25, 0.3) is 0 Å². The first-order valence-corrected chi connectivity index (χ1v) is 7.12. The van der Waals surface area contributed by atoms with E-state index in [1.165, 1.54) is 0 Å². The molecule has 0 heterocycles. The van der Waals surface area contributed by atoms with Crippen LogP contribution >= 0.6 is 23.2 Å². The lowest BCUT2D eigenvalue weighted by Gasteiger charge is -2.20. The molecule has 1 aromatic rings. The van der Waals surface area contributed by atoms with Crippen molar-refractivity contribution in [3.05, 3.63) is 33.8 Å². The fourth-order valence-electron chi connectivity index (χ4n) is 1.90. The standard InChI is InChI=1S/C14H21Cl2NO/c1-3-8-17-14(5-4-9-18-2)12-7-6-11(15)10-13(12)16/h6-7,10,14,17H,3-5,8-9H2,1-2H3. The molecule has 0 aliphatic heterocycles. The minimum Gasteiger partial charge on any atom is -0.385 e. The van der Waals surface area contributed by atoms with Gasteiger partial charge in [-0.3, -0.25) is 0 Å². The summed E-state index contributed by atoms with van der Waals surface area (Å²) < 4.78 is 5.10. The normalized spacial score (nSPS) is 12.7. The van der Waals surface area contributed by atoms with E-state index in [2.05, 4.69) is 12.2 Å². The summed E-state index contributed by atoms with van der Waals surface area (Å²) in [5.41, 5.74) is 1.12. The molecule has 0 saturated heterocycles. The number of hydrogen-bond donors (Lipinski definition) is 1. The Balaban J connectivity index is 2.73. The first kappa shape index (κ1) is 15.8. The topological polar surface area (TPSA) is 21.3 Å². The van der Waals surface area contributed by atoms with Crippen LogP contribution in [0, 0.1) is 0 Å². The van der Waals surface area contributed by atoms with Crippen LogP contribution in [0.1, 0.15) is 37.8 Å². The summed E-state index contributed by atoms with van der Waals surface area (Å²) in [6.07, 6.45) is 3.12. The fourth-order valence-corrected chi connectivity index (χ4v) is 2.44. The Kier molecular flexibility index (Phi) is 7.68. The Morgan fingerprint density at radius 2 is 2.11 bits per heavy atom. The molecule has 0 bridgehead atoms. The summed E-state index contributed by atoms with van der Waals surface area (Å²) in [6.45, 7) is 3.91. The second-order valence-corrected chi connectivity index (χ2v) is 5.15. The van der Waals surface area contributed by atoms with Gasteiger partial charge >= 0.3 is 0 Å². The van der Waals surface area contributed by atoms with E-state index in [-0.39, 0.29) is 6.04 Å². The van der Waals surface area contributed by atoms with Crippen LogP contribution in [0.5, 0.6) is 0 Å². The highest BCUT2D eigenvalue weighted by Crippen LogP contribution is 2.28. The van der Waals surface area contributed by atoms with Gasteiger partial charge < -0.3 is 10.1 Å². The summed E-state index contributed by atoms with van der Waals surface area (Å²) in [7, 11) is 1.73. The van der Waals surface area contributed by atoms with Crippen molar-refractivity contribution in [2.75, 3.05) is 20.3 Å². The molecule has 4 heteroatoms. The highest BCUT2D eigenvalue weighted by atomic mass is 35.5. The van der Waals surface area contributed by atoms with E-state index in [0.29, 0.717) is 5.02 Å². The third-order valence-corrected chi connectivity index (χ3v) is 3.38. The lowest BCUT2D eigenvalue weighted by atomic mass is 10.0. The fraction of sp³-hybridized carbons (Fsp3) is 0.571. The predicted molar refractivity (Wildman–Crippen MR) is 78.6 cm³/mol. The highest BCUT2D eigenvalue weighted by Gasteiger charge is 2.13. The largest absolute Gasteiger partial charge is 0.385 e. The van der Waals surface area contributed by atoms with Crippen molar-refractivity contribution >= 4 is 23.2 Å². The molecule has 1 rings (SSSR count). The van der Waals surface area contributed by atoms with Crippen molar-refractivity contribution in [1.29, 1.82) is 0 Å². The molecule has 0 aromatic heterocycles. The molecule has 0 spiro atoms. The molecule has 0 fully saturated rings. The maximum Gasteiger partial charge on any atom is 0.0468 e. The number of ether oxygens (including phenoxy) is 1. The molecule has 1 unspecified atom stereocenters. The number of nitrogens with one attached hydrogen (secondary N) is 1. The lowest BCUT2D eigenvalue weighted by molar-refractivity contribution is 0.188. The Morgan fingerprint density at radius 1 is 1.33 bits per heavy atom. The minimum atomic E-state index is 0.268. The molecule has 0 aliphatic rings. The number of halogens is 2. The van der Waals surface area contributed by atoms with E-state index < -0.39 is 0 Å². The van der Waals surface area contributed by atoms with Gasteiger partial charge in [0.1, 0.15) is 0 Å². The average molecular weight is 290 g/mol. The van der Waals surface area contributed by atoms with Crippen LogP contribution in [-0.4, -0.2) is 20.3 Å². The Bertz CT molecular complexity index is 358. The van der Waals surface area contributed by atoms with Crippen LogP contribution in [-0.2, 0) is 4.74 Å². The second kappa shape index (κ2) is 8.76. The number of hydrogen-bond acceptors (Lipinski definition) is 2. The van der Waals surface area contributed by atoms with E-state index in [4.69, 9.17) is 27.9 Å². The smallest absolute Gasteiger partial charge is 0.0468 e. The first-order chi connectivity index (χ1) is 8.69. The van der Waals surface area contributed by atoms with Crippen LogP contribution in [0.25, 0.3) is 0 Å². The molecule has 2 nitrogen and oxygen atoms in total. The van der Waals surface area contributed by atoms with Crippen LogP contribution in [0.2, 0.25) is 10.0 Å². The molecular weight excluding hydrogens is 269 g/mol.